The lowest BCUT2D eigenvalue weighted by Gasteiger charge is -2.47. The summed E-state index contributed by atoms with van der Waals surface area (Å²) in [5.74, 6) is -2.03. The second-order valence-corrected chi connectivity index (χ2v) is 6.72. The molecular weight excluding hydrogens is 398 g/mol. The largest absolute Gasteiger partial charge is 0.479 e. The number of aliphatic hydroxyl groups excluding tert-OH is 4. The van der Waals surface area contributed by atoms with Gasteiger partial charge in [-0.05, 0) is 0 Å². The number of rotatable bonds is 7. The fraction of sp³-hybridized carbons (Fsp3) is 0.875. The molecule has 0 aliphatic carbocycles. The maximum atomic E-state index is 11.6. The standard InChI is InChI=1S/C16H27NO12/c1-5(19)17-7-11(8(20)6(4-18)27-15(7)26-3)28-16-10(22)12(25-2)9(21)13(29-16)14(23)24/h6-13,15-16,18,20-22H,4H2,1-3H3,(H,17,19)(H,23,24)/t6?,7?,8-,9+,10?,11+,12-,13?,15+,16+/m0/s1. The van der Waals surface area contributed by atoms with Gasteiger partial charge in [0.15, 0.2) is 18.7 Å². The Balaban J connectivity index is 2.31. The highest BCUT2D eigenvalue weighted by Gasteiger charge is 2.53. The molecule has 0 aromatic carbocycles. The van der Waals surface area contributed by atoms with Crippen molar-refractivity contribution in [2.45, 2.75) is 68.3 Å². The molecule has 1 amide bonds. The summed E-state index contributed by atoms with van der Waals surface area (Å²) >= 11 is 0. The van der Waals surface area contributed by atoms with Gasteiger partial charge >= 0.3 is 5.97 Å². The number of carboxylic acids is 1. The minimum atomic E-state index is -1.78. The van der Waals surface area contributed by atoms with Crippen LogP contribution < -0.4 is 5.32 Å². The molecular formula is C16H27NO12. The van der Waals surface area contributed by atoms with E-state index in [1.165, 1.54) is 14.0 Å². The summed E-state index contributed by atoms with van der Waals surface area (Å²) in [4.78, 5) is 23.0. The van der Waals surface area contributed by atoms with Crippen molar-refractivity contribution in [1.29, 1.82) is 0 Å². The van der Waals surface area contributed by atoms with Crippen LogP contribution in [-0.2, 0) is 33.3 Å². The Kier molecular flexibility index (Phi) is 8.28. The second-order valence-electron chi connectivity index (χ2n) is 6.72. The van der Waals surface area contributed by atoms with Crippen molar-refractivity contribution in [2.75, 3.05) is 20.8 Å². The second kappa shape index (κ2) is 10.1. The van der Waals surface area contributed by atoms with Gasteiger partial charge in [0.25, 0.3) is 0 Å². The molecule has 2 saturated heterocycles. The summed E-state index contributed by atoms with van der Waals surface area (Å²) in [6.45, 7) is 0.594. The molecule has 0 aromatic heterocycles. The van der Waals surface area contributed by atoms with Crippen LogP contribution in [0.2, 0.25) is 0 Å². The molecule has 4 unspecified atom stereocenters. The summed E-state index contributed by atoms with van der Waals surface area (Å²) in [7, 11) is 2.43. The molecule has 168 valence electrons. The van der Waals surface area contributed by atoms with E-state index >= 15 is 0 Å². The van der Waals surface area contributed by atoms with Crippen LogP contribution in [0.3, 0.4) is 0 Å². The molecule has 6 N–H and O–H groups in total. The van der Waals surface area contributed by atoms with Crippen molar-refractivity contribution >= 4 is 11.9 Å². The molecule has 10 atom stereocenters. The highest BCUT2D eigenvalue weighted by Crippen LogP contribution is 2.30. The topological polar surface area (TPSA) is 193 Å². The third kappa shape index (κ3) is 5.02. The van der Waals surface area contributed by atoms with Crippen LogP contribution in [0, 0.1) is 0 Å². The molecule has 13 heteroatoms. The molecule has 0 saturated carbocycles. The first kappa shape index (κ1) is 23.9. The zero-order chi connectivity index (χ0) is 21.9. The first-order valence-electron chi connectivity index (χ1n) is 8.83. The number of amides is 1. The van der Waals surface area contributed by atoms with Crippen molar-refractivity contribution < 1.29 is 58.8 Å². The van der Waals surface area contributed by atoms with Crippen LogP contribution in [0.1, 0.15) is 6.92 Å². The number of aliphatic hydroxyl groups is 4. The van der Waals surface area contributed by atoms with Gasteiger partial charge < -0.3 is 54.5 Å². The maximum Gasteiger partial charge on any atom is 0.335 e. The predicted octanol–water partition coefficient (Wildman–Crippen LogP) is -3.85. The molecule has 0 radical (unpaired) electrons. The summed E-state index contributed by atoms with van der Waals surface area (Å²) in [6, 6.07) is -1.10. The third-order valence-electron chi connectivity index (χ3n) is 4.81. The lowest BCUT2D eigenvalue weighted by atomic mass is 9.95. The first-order valence-corrected chi connectivity index (χ1v) is 8.83. The molecule has 0 aromatic rings. The lowest BCUT2D eigenvalue weighted by molar-refractivity contribution is -0.340. The summed E-state index contributed by atoms with van der Waals surface area (Å²) < 4.78 is 26.3. The number of carbonyl (C=O) groups excluding carboxylic acids is 1. The number of hydrogen-bond donors (Lipinski definition) is 6. The monoisotopic (exact) mass is 425 g/mol. The predicted molar refractivity (Wildman–Crippen MR) is 90.3 cm³/mol. The Labute approximate surface area is 166 Å². The van der Waals surface area contributed by atoms with Gasteiger partial charge in [-0.1, -0.05) is 0 Å². The van der Waals surface area contributed by atoms with Gasteiger partial charge in [0, 0.05) is 21.1 Å². The Morgan fingerprint density at radius 1 is 0.966 bits per heavy atom. The molecule has 2 rings (SSSR count). The summed E-state index contributed by atoms with van der Waals surface area (Å²) in [5, 5.41) is 52.2. The normalized spacial score (nSPS) is 43.0. The van der Waals surface area contributed by atoms with E-state index in [-0.39, 0.29) is 0 Å². The number of hydrogen-bond acceptors (Lipinski definition) is 11. The van der Waals surface area contributed by atoms with E-state index in [1.807, 2.05) is 0 Å². The van der Waals surface area contributed by atoms with Crippen LogP contribution in [0.25, 0.3) is 0 Å². The number of carbonyl (C=O) groups is 2. The van der Waals surface area contributed by atoms with Gasteiger partial charge in [-0.15, -0.1) is 0 Å². The number of nitrogens with one attached hydrogen (secondary N) is 1. The number of aliphatic carboxylic acids is 1. The van der Waals surface area contributed by atoms with Gasteiger partial charge in [0.05, 0.1) is 6.61 Å². The van der Waals surface area contributed by atoms with Crippen molar-refractivity contribution in [3.63, 3.8) is 0 Å². The molecule has 2 aliphatic heterocycles. The Morgan fingerprint density at radius 3 is 2.10 bits per heavy atom. The highest BCUT2D eigenvalue weighted by atomic mass is 16.7. The van der Waals surface area contributed by atoms with Crippen molar-refractivity contribution in [3.8, 4) is 0 Å². The molecule has 2 aliphatic rings. The molecule has 29 heavy (non-hydrogen) atoms. The third-order valence-corrected chi connectivity index (χ3v) is 4.81. The molecule has 0 spiro atoms. The zero-order valence-electron chi connectivity index (χ0n) is 16.1. The quantitative estimate of drug-likeness (QED) is 0.233. The van der Waals surface area contributed by atoms with Crippen molar-refractivity contribution in [3.05, 3.63) is 0 Å². The Bertz CT molecular complexity index is 576. The molecule has 0 bridgehead atoms. The smallest absolute Gasteiger partial charge is 0.335 e. The molecule has 2 heterocycles. The summed E-state index contributed by atoms with van der Waals surface area (Å²) in [5.41, 5.74) is 0. The van der Waals surface area contributed by atoms with E-state index in [2.05, 4.69) is 5.32 Å². The number of ether oxygens (including phenoxy) is 5. The van der Waals surface area contributed by atoms with E-state index < -0.39 is 79.8 Å². The van der Waals surface area contributed by atoms with Crippen molar-refractivity contribution in [2.24, 2.45) is 0 Å². The number of methoxy groups -OCH3 is 2. The van der Waals surface area contributed by atoms with Crippen LogP contribution in [0.15, 0.2) is 0 Å². The van der Waals surface area contributed by atoms with E-state index in [4.69, 9.17) is 23.7 Å². The van der Waals surface area contributed by atoms with E-state index in [1.54, 1.807) is 0 Å². The lowest BCUT2D eigenvalue weighted by Crippen LogP contribution is -2.68. The fourth-order valence-corrected chi connectivity index (χ4v) is 3.40. The van der Waals surface area contributed by atoms with Gasteiger partial charge in [-0.25, -0.2) is 4.79 Å². The minimum Gasteiger partial charge on any atom is -0.479 e. The van der Waals surface area contributed by atoms with E-state index in [0.29, 0.717) is 0 Å². The van der Waals surface area contributed by atoms with Crippen molar-refractivity contribution in [1.82, 2.24) is 5.32 Å². The van der Waals surface area contributed by atoms with Crippen LogP contribution in [0.5, 0.6) is 0 Å². The average Bonchev–Trinajstić information content (AvgIpc) is 2.66. The fourth-order valence-electron chi connectivity index (χ4n) is 3.40. The molecule has 2 fully saturated rings. The summed E-state index contributed by atoms with van der Waals surface area (Å²) in [6.07, 6.45) is -13.3. The van der Waals surface area contributed by atoms with E-state index in [0.717, 1.165) is 7.11 Å². The van der Waals surface area contributed by atoms with Crippen LogP contribution >= 0.6 is 0 Å². The highest BCUT2D eigenvalue weighted by molar-refractivity contribution is 5.73. The first-order chi connectivity index (χ1) is 13.7. The number of carboxylic acid groups (broad SMARTS) is 1. The average molecular weight is 425 g/mol. The van der Waals surface area contributed by atoms with Gasteiger partial charge in [0.1, 0.15) is 42.7 Å². The minimum absolute atomic E-state index is 0.511. The van der Waals surface area contributed by atoms with E-state index in [9.17, 15) is 35.1 Å². The molecule has 13 nitrogen and oxygen atoms in total. The van der Waals surface area contributed by atoms with Gasteiger partial charge in [-0.3, -0.25) is 4.79 Å². The van der Waals surface area contributed by atoms with Gasteiger partial charge in [-0.2, -0.15) is 0 Å². The Morgan fingerprint density at radius 2 is 1.62 bits per heavy atom. The Hall–Kier alpha value is -1.42. The zero-order valence-corrected chi connectivity index (χ0v) is 16.1. The van der Waals surface area contributed by atoms with Gasteiger partial charge in [0.2, 0.25) is 5.91 Å². The van der Waals surface area contributed by atoms with Crippen LogP contribution in [-0.4, -0.2) is 120 Å². The maximum absolute atomic E-state index is 11.6. The van der Waals surface area contributed by atoms with Crippen LogP contribution in [0.4, 0.5) is 0 Å². The SMILES string of the molecule is CO[C@@H]1OC(CO)[C@H](O)[C@H](O[C@@H]2OC(C(=O)O)[C@H](O)[C@H](OC)C2O)C1NC(C)=O.